The fourth-order valence-electron chi connectivity index (χ4n) is 2.44. The lowest BCUT2D eigenvalue weighted by Crippen LogP contribution is -2.27. The summed E-state index contributed by atoms with van der Waals surface area (Å²) in [6.45, 7) is 0. The van der Waals surface area contributed by atoms with Gasteiger partial charge in [0.1, 0.15) is 0 Å². The maximum atomic E-state index is 12.1. The Bertz CT molecular complexity index is 489. The normalized spacial score (nSPS) is 19.0. The predicted octanol–water partition coefficient (Wildman–Crippen LogP) is 2.77. The zero-order valence-electron chi connectivity index (χ0n) is 10.0. The van der Waals surface area contributed by atoms with Gasteiger partial charge < -0.3 is 5.11 Å². The second-order valence-electron chi connectivity index (χ2n) is 4.85. The van der Waals surface area contributed by atoms with Crippen molar-refractivity contribution >= 4 is 25.8 Å². The molecule has 0 heterocycles. The summed E-state index contributed by atoms with van der Waals surface area (Å²) in [5.74, 6) is -0.0190. The zero-order chi connectivity index (χ0) is 13.2. The van der Waals surface area contributed by atoms with Gasteiger partial charge in [0.05, 0.1) is 16.8 Å². The van der Waals surface area contributed by atoms with Gasteiger partial charge in [-0.2, -0.15) is 0 Å². The first-order valence-electron chi connectivity index (χ1n) is 6.15. The molecule has 1 saturated carbocycles. The molecule has 1 N–H and O–H groups in total. The number of hydrogen-bond donors (Lipinski definition) is 1. The molecule has 5 heteroatoms. The van der Waals surface area contributed by atoms with Crippen molar-refractivity contribution in [3.63, 3.8) is 0 Å². The third-order valence-corrected chi connectivity index (χ3v) is 5.81. The second-order valence-corrected chi connectivity index (χ2v) is 7.80. The SMILES string of the molecule is O=S(=O)(CC(O)C1CCCC1)c1ccc(Br)cc1. The highest BCUT2D eigenvalue weighted by Gasteiger charge is 2.28. The molecular weight excluding hydrogens is 316 g/mol. The van der Waals surface area contributed by atoms with Crippen LogP contribution in [0.1, 0.15) is 25.7 Å². The first-order chi connectivity index (χ1) is 8.49. The van der Waals surface area contributed by atoms with Crippen LogP contribution >= 0.6 is 15.9 Å². The molecule has 1 atom stereocenters. The molecule has 0 aliphatic heterocycles. The van der Waals surface area contributed by atoms with Crippen molar-refractivity contribution in [2.24, 2.45) is 5.92 Å². The Labute approximate surface area is 116 Å². The molecule has 0 aromatic heterocycles. The summed E-state index contributed by atoms with van der Waals surface area (Å²) in [5, 5.41) is 10.0. The van der Waals surface area contributed by atoms with Gasteiger partial charge >= 0.3 is 0 Å². The molecule has 1 fully saturated rings. The van der Waals surface area contributed by atoms with Crippen molar-refractivity contribution in [3.8, 4) is 0 Å². The third-order valence-electron chi connectivity index (χ3n) is 3.51. The average Bonchev–Trinajstić information content (AvgIpc) is 2.82. The summed E-state index contributed by atoms with van der Waals surface area (Å²) in [6, 6.07) is 6.55. The van der Waals surface area contributed by atoms with Crippen molar-refractivity contribution in [3.05, 3.63) is 28.7 Å². The van der Waals surface area contributed by atoms with E-state index in [0.29, 0.717) is 0 Å². The van der Waals surface area contributed by atoms with E-state index in [1.54, 1.807) is 24.3 Å². The molecule has 1 unspecified atom stereocenters. The molecule has 0 bridgehead atoms. The van der Waals surface area contributed by atoms with Gasteiger partial charge in [0.25, 0.3) is 0 Å². The van der Waals surface area contributed by atoms with Crippen LogP contribution in [-0.4, -0.2) is 25.4 Å². The molecule has 1 aromatic carbocycles. The van der Waals surface area contributed by atoms with Crippen LogP contribution in [0, 0.1) is 5.92 Å². The van der Waals surface area contributed by atoms with E-state index in [9.17, 15) is 13.5 Å². The van der Waals surface area contributed by atoms with E-state index in [1.807, 2.05) is 0 Å². The fraction of sp³-hybridized carbons (Fsp3) is 0.538. The van der Waals surface area contributed by atoms with Crippen molar-refractivity contribution in [1.29, 1.82) is 0 Å². The highest BCUT2D eigenvalue weighted by atomic mass is 79.9. The van der Waals surface area contributed by atoms with Crippen molar-refractivity contribution in [2.75, 3.05) is 5.75 Å². The minimum Gasteiger partial charge on any atom is -0.392 e. The van der Waals surface area contributed by atoms with Crippen molar-refractivity contribution in [2.45, 2.75) is 36.7 Å². The Hall–Kier alpha value is -0.390. The lowest BCUT2D eigenvalue weighted by molar-refractivity contribution is 0.131. The highest BCUT2D eigenvalue weighted by Crippen LogP contribution is 2.29. The molecule has 3 nitrogen and oxygen atoms in total. The number of halogens is 1. The van der Waals surface area contributed by atoms with Crippen LogP contribution in [0.5, 0.6) is 0 Å². The maximum Gasteiger partial charge on any atom is 0.180 e. The smallest absolute Gasteiger partial charge is 0.180 e. The molecular formula is C13H17BrO3S. The molecule has 100 valence electrons. The van der Waals surface area contributed by atoms with Crippen LogP contribution in [0.25, 0.3) is 0 Å². The molecule has 0 amide bonds. The Morgan fingerprint density at radius 3 is 2.33 bits per heavy atom. The Kier molecular flexibility index (Phi) is 4.45. The molecule has 0 spiro atoms. The zero-order valence-corrected chi connectivity index (χ0v) is 12.5. The molecule has 0 radical (unpaired) electrons. The number of aliphatic hydroxyl groups is 1. The summed E-state index contributed by atoms with van der Waals surface area (Å²) in [7, 11) is -3.38. The first kappa shape index (κ1) is 14.0. The molecule has 18 heavy (non-hydrogen) atoms. The highest BCUT2D eigenvalue weighted by molar-refractivity contribution is 9.10. The minimum atomic E-state index is -3.38. The lowest BCUT2D eigenvalue weighted by atomic mass is 10.0. The van der Waals surface area contributed by atoms with Crippen LogP contribution < -0.4 is 0 Å². The Balaban J connectivity index is 2.09. The number of hydrogen-bond acceptors (Lipinski definition) is 3. The molecule has 2 rings (SSSR count). The van der Waals surface area contributed by atoms with Gasteiger partial charge in [-0.05, 0) is 43.0 Å². The summed E-state index contributed by atoms with van der Waals surface area (Å²) >= 11 is 3.27. The third kappa shape index (κ3) is 3.33. The minimum absolute atomic E-state index is 0.148. The van der Waals surface area contributed by atoms with E-state index in [0.717, 1.165) is 30.2 Å². The summed E-state index contributed by atoms with van der Waals surface area (Å²) < 4.78 is 25.1. The monoisotopic (exact) mass is 332 g/mol. The fourth-order valence-corrected chi connectivity index (χ4v) is 4.17. The van der Waals surface area contributed by atoms with Crippen LogP contribution in [-0.2, 0) is 9.84 Å². The quantitative estimate of drug-likeness (QED) is 0.922. The number of rotatable bonds is 4. The maximum absolute atomic E-state index is 12.1. The number of aliphatic hydroxyl groups excluding tert-OH is 1. The van der Waals surface area contributed by atoms with Crippen molar-refractivity contribution < 1.29 is 13.5 Å². The molecule has 1 aliphatic carbocycles. The Morgan fingerprint density at radius 2 is 1.78 bits per heavy atom. The summed E-state index contributed by atoms with van der Waals surface area (Å²) in [6.07, 6.45) is 3.34. The van der Waals surface area contributed by atoms with Gasteiger partial charge in [-0.15, -0.1) is 0 Å². The van der Waals surface area contributed by atoms with E-state index < -0.39 is 15.9 Å². The topological polar surface area (TPSA) is 54.4 Å². The van der Waals surface area contributed by atoms with E-state index in [4.69, 9.17) is 0 Å². The summed E-state index contributed by atoms with van der Waals surface area (Å²) in [4.78, 5) is 0.280. The number of benzene rings is 1. The molecule has 1 aliphatic rings. The Morgan fingerprint density at radius 1 is 1.22 bits per heavy atom. The van der Waals surface area contributed by atoms with E-state index >= 15 is 0 Å². The largest absolute Gasteiger partial charge is 0.392 e. The number of sulfone groups is 1. The van der Waals surface area contributed by atoms with Gasteiger partial charge in [0, 0.05) is 4.47 Å². The van der Waals surface area contributed by atoms with Crippen molar-refractivity contribution in [1.82, 2.24) is 0 Å². The van der Waals surface area contributed by atoms with Crippen LogP contribution in [0.4, 0.5) is 0 Å². The second kappa shape index (κ2) is 5.72. The predicted molar refractivity (Wildman–Crippen MR) is 74.2 cm³/mol. The lowest BCUT2D eigenvalue weighted by Gasteiger charge is -2.17. The van der Waals surface area contributed by atoms with Crippen LogP contribution in [0.2, 0.25) is 0 Å². The van der Waals surface area contributed by atoms with Crippen LogP contribution in [0.15, 0.2) is 33.6 Å². The van der Waals surface area contributed by atoms with Gasteiger partial charge in [-0.3, -0.25) is 0 Å². The summed E-state index contributed by atoms with van der Waals surface area (Å²) in [5.41, 5.74) is 0. The van der Waals surface area contributed by atoms with E-state index in [-0.39, 0.29) is 16.6 Å². The van der Waals surface area contributed by atoms with Gasteiger partial charge in [-0.25, -0.2) is 8.42 Å². The first-order valence-corrected chi connectivity index (χ1v) is 8.60. The molecule has 0 saturated heterocycles. The standard InChI is InChI=1S/C13H17BrO3S/c14-11-5-7-12(8-6-11)18(16,17)9-13(15)10-3-1-2-4-10/h5-8,10,13,15H,1-4,9H2. The molecule has 1 aromatic rings. The average molecular weight is 333 g/mol. The van der Waals surface area contributed by atoms with Crippen LogP contribution in [0.3, 0.4) is 0 Å². The van der Waals surface area contributed by atoms with Gasteiger partial charge in [0.15, 0.2) is 9.84 Å². The van der Waals surface area contributed by atoms with Gasteiger partial charge in [-0.1, -0.05) is 28.8 Å². The van der Waals surface area contributed by atoms with Gasteiger partial charge in [0.2, 0.25) is 0 Å². The van der Waals surface area contributed by atoms with E-state index in [1.165, 1.54) is 0 Å². The van der Waals surface area contributed by atoms with E-state index in [2.05, 4.69) is 15.9 Å².